The molecule has 120 valence electrons. The normalized spacial score (nSPS) is 11.5. The molecule has 0 unspecified atom stereocenters. The Morgan fingerprint density at radius 3 is 2.70 bits per heavy atom. The molecular weight excluding hydrogens is 315 g/mol. The zero-order valence-electron chi connectivity index (χ0n) is 12.8. The van der Waals surface area contributed by atoms with Gasteiger partial charge < -0.3 is 5.73 Å². The third kappa shape index (κ3) is 4.55. The number of rotatable bonds is 3. The minimum absolute atomic E-state index is 0.251. The fourth-order valence-electron chi connectivity index (χ4n) is 2.01. The maximum Gasteiger partial charge on any atom is 0.339 e. The first-order chi connectivity index (χ1) is 10.9. The molecule has 1 heterocycles. The number of carbonyl (C=O) groups is 1. The maximum atomic E-state index is 12.9. The molecule has 0 aliphatic rings. The first kappa shape index (κ1) is 17.0. The zero-order chi connectivity index (χ0) is 17.0. The topological polar surface area (TPSA) is 66.6 Å². The molecule has 0 aliphatic carbocycles. The number of hydroxylamine groups is 2. The fraction of sp³-hybridized carbons (Fsp3) is 0.235. The van der Waals surface area contributed by atoms with Crippen LogP contribution in [0.3, 0.4) is 0 Å². The monoisotopic (exact) mass is 332 g/mol. The lowest BCUT2D eigenvalue weighted by Crippen LogP contribution is -2.38. The molecule has 0 radical (unpaired) electrons. The van der Waals surface area contributed by atoms with Gasteiger partial charge in [0, 0.05) is 4.88 Å². The van der Waals surface area contributed by atoms with Crippen LogP contribution in [0.4, 0.5) is 9.18 Å². The van der Waals surface area contributed by atoms with Crippen LogP contribution in [0.2, 0.25) is 0 Å². The van der Waals surface area contributed by atoms with Crippen LogP contribution in [-0.4, -0.2) is 22.3 Å². The average Bonchev–Trinajstić information content (AvgIpc) is 2.86. The summed E-state index contributed by atoms with van der Waals surface area (Å²) in [5, 5.41) is 9.77. The third-order valence-electron chi connectivity index (χ3n) is 3.33. The van der Waals surface area contributed by atoms with E-state index < -0.39 is 12.1 Å². The van der Waals surface area contributed by atoms with Crippen LogP contribution in [0.15, 0.2) is 30.3 Å². The Kier molecular flexibility index (Phi) is 5.37. The van der Waals surface area contributed by atoms with Gasteiger partial charge in [-0.3, -0.25) is 5.21 Å². The van der Waals surface area contributed by atoms with E-state index in [4.69, 9.17) is 5.73 Å². The van der Waals surface area contributed by atoms with Crippen LogP contribution in [0.1, 0.15) is 27.8 Å². The molecule has 0 saturated carbocycles. The molecule has 0 fully saturated rings. The van der Waals surface area contributed by atoms with E-state index in [1.807, 2.05) is 13.0 Å². The van der Waals surface area contributed by atoms with Gasteiger partial charge in [0.15, 0.2) is 0 Å². The van der Waals surface area contributed by atoms with Gasteiger partial charge in [-0.05, 0) is 49.6 Å². The molecule has 0 aliphatic heterocycles. The summed E-state index contributed by atoms with van der Waals surface area (Å²) in [6.45, 7) is 3.58. The second-order valence-electron chi connectivity index (χ2n) is 5.12. The smallest absolute Gasteiger partial charge is 0.339 e. The first-order valence-electron chi connectivity index (χ1n) is 6.99. The Morgan fingerprint density at radius 1 is 1.43 bits per heavy atom. The Morgan fingerprint density at radius 2 is 2.09 bits per heavy atom. The van der Waals surface area contributed by atoms with Crippen molar-refractivity contribution in [3.63, 3.8) is 0 Å². The molecule has 23 heavy (non-hydrogen) atoms. The molecule has 1 aromatic carbocycles. The van der Waals surface area contributed by atoms with Crippen LogP contribution in [0.25, 0.3) is 0 Å². The molecule has 1 aromatic heterocycles. The van der Waals surface area contributed by atoms with E-state index in [0.717, 1.165) is 20.9 Å². The fourth-order valence-corrected chi connectivity index (χ4v) is 2.91. The summed E-state index contributed by atoms with van der Waals surface area (Å²) in [4.78, 5) is 12.8. The summed E-state index contributed by atoms with van der Waals surface area (Å²) in [5.74, 6) is 5.46. The van der Waals surface area contributed by atoms with Gasteiger partial charge in [0.05, 0.1) is 4.88 Å². The van der Waals surface area contributed by atoms with Crippen molar-refractivity contribution in [3.8, 4) is 11.8 Å². The van der Waals surface area contributed by atoms with Gasteiger partial charge in [-0.1, -0.05) is 24.0 Å². The quantitative estimate of drug-likeness (QED) is 0.514. The molecule has 2 amide bonds. The summed E-state index contributed by atoms with van der Waals surface area (Å²) in [5.41, 5.74) is 7.12. The van der Waals surface area contributed by atoms with Crippen LogP contribution in [0, 0.1) is 24.6 Å². The summed E-state index contributed by atoms with van der Waals surface area (Å²) in [7, 11) is 0. The van der Waals surface area contributed by atoms with Crippen molar-refractivity contribution in [1.29, 1.82) is 0 Å². The first-order valence-corrected chi connectivity index (χ1v) is 7.81. The maximum absolute atomic E-state index is 12.9. The van der Waals surface area contributed by atoms with E-state index in [1.54, 1.807) is 19.1 Å². The van der Waals surface area contributed by atoms with Gasteiger partial charge in [-0.2, -0.15) is 5.06 Å². The van der Waals surface area contributed by atoms with Crippen LogP contribution < -0.4 is 5.73 Å². The number of nitrogens with zero attached hydrogens (tertiary/aromatic N) is 1. The Balaban J connectivity index is 2.12. The standard InChI is InChI=1S/C17H17FN2O2S/c1-11(20(22)17(19)21)3-8-16-10-14(12(2)23-16)9-13-4-6-15(18)7-5-13/h4-7,10-11,22H,9H2,1-2H3,(H2,19,21)/t11-/m1/s1. The van der Waals surface area contributed by atoms with Gasteiger partial charge in [-0.25, -0.2) is 9.18 Å². The van der Waals surface area contributed by atoms with E-state index >= 15 is 0 Å². The number of nitrogens with two attached hydrogens (primary N) is 1. The number of benzene rings is 1. The number of carbonyl (C=O) groups excluding carboxylic acids is 1. The van der Waals surface area contributed by atoms with Gasteiger partial charge in [0.25, 0.3) is 0 Å². The zero-order valence-corrected chi connectivity index (χ0v) is 13.7. The highest BCUT2D eigenvalue weighted by atomic mass is 32.1. The number of halogens is 1. The second-order valence-corrected chi connectivity index (χ2v) is 6.38. The molecule has 3 N–H and O–H groups in total. The lowest BCUT2D eigenvalue weighted by Gasteiger charge is -2.14. The van der Waals surface area contributed by atoms with Crippen LogP contribution >= 0.6 is 11.3 Å². The molecule has 0 bridgehead atoms. The number of hydrogen-bond donors (Lipinski definition) is 2. The van der Waals surface area contributed by atoms with Crippen molar-refractivity contribution in [1.82, 2.24) is 5.06 Å². The van der Waals surface area contributed by atoms with E-state index in [9.17, 15) is 14.4 Å². The van der Waals surface area contributed by atoms with E-state index in [2.05, 4.69) is 11.8 Å². The van der Waals surface area contributed by atoms with Crippen LogP contribution in [-0.2, 0) is 6.42 Å². The highest BCUT2D eigenvalue weighted by Crippen LogP contribution is 2.23. The summed E-state index contributed by atoms with van der Waals surface area (Å²) < 4.78 is 12.9. The molecular formula is C17H17FN2O2S. The second kappa shape index (κ2) is 7.27. The molecule has 6 heteroatoms. The summed E-state index contributed by atoms with van der Waals surface area (Å²) in [6, 6.07) is 6.75. The number of thiophene rings is 1. The minimum atomic E-state index is -0.939. The molecule has 0 saturated heterocycles. The van der Waals surface area contributed by atoms with Crippen molar-refractivity contribution >= 4 is 17.4 Å². The van der Waals surface area contributed by atoms with Gasteiger partial charge in [-0.15, -0.1) is 11.3 Å². The largest absolute Gasteiger partial charge is 0.350 e. The number of primary amides is 1. The number of amides is 2. The molecule has 2 rings (SSSR count). The van der Waals surface area contributed by atoms with E-state index in [1.165, 1.54) is 23.5 Å². The van der Waals surface area contributed by atoms with Crippen molar-refractivity contribution in [2.45, 2.75) is 26.3 Å². The highest BCUT2D eigenvalue weighted by molar-refractivity contribution is 7.12. The number of urea groups is 1. The van der Waals surface area contributed by atoms with Crippen molar-refractivity contribution in [2.24, 2.45) is 5.73 Å². The molecule has 0 spiro atoms. The Hall–Kier alpha value is -2.36. The average molecular weight is 332 g/mol. The number of hydrogen-bond acceptors (Lipinski definition) is 3. The number of aryl methyl sites for hydroxylation is 1. The summed E-state index contributed by atoms with van der Waals surface area (Å²) in [6.07, 6.45) is 0.702. The van der Waals surface area contributed by atoms with Crippen molar-refractivity contribution in [3.05, 3.63) is 57.0 Å². The van der Waals surface area contributed by atoms with Crippen molar-refractivity contribution in [2.75, 3.05) is 0 Å². The third-order valence-corrected chi connectivity index (χ3v) is 4.33. The predicted molar refractivity (Wildman–Crippen MR) is 87.8 cm³/mol. The van der Waals surface area contributed by atoms with Gasteiger partial charge in [0.2, 0.25) is 0 Å². The van der Waals surface area contributed by atoms with E-state index in [0.29, 0.717) is 11.5 Å². The van der Waals surface area contributed by atoms with E-state index in [-0.39, 0.29) is 5.82 Å². The van der Waals surface area contributed by atoms with Crippen LogP contribution in [0.5, 0.6) is 0 Å². The lowest BCUT2D eigenvalue weighted by molar-refractivity contribution is -0.0536. The molecule has 1 atom stereocenters. The highest BCUT2D eigenvalue weighted by Gasteiger charge is 2.12. The Bertz CT molecular complexity index is 759. The van der Waals surface area contributed by atoms with Gasteiger partial charge in [0.1, 0.15) is 11.9 Å². The summed E-state index contributed by atoms with van der Waals surface area (Å²) >= 11 is 1.53. The van der Waals surface area contributed by atoms with Gasteiger partial charge >= 0.3 is 6.03 Å². The molecule has 2 aromatic rings. The SMILES string of the molecule is Cc1sc(C#C[C@@H](C)N(O)C(N)=O)cc1Cc1ccc(F)cc1. The minimum Gasteiger partial charge on any atom is -0.350 e. The molecule has 4 nitrogen and oxygen atoms in total. The predicted octanol–water partition coefficient (Wildman–Crippen LogP) is 3.30. The lowest BCUT2D eigenvalue weighted by atomic mass is 10.1. The van der Waals surface area contributed by atoms with Crippen molar-refractivity contribution < 1.29 is 14.4 Å². The Labute approximate surface area is 138 Å².